The van der Waals surface area contributed by atoms with Gasteiger partial charge in [0.15, 0.2) is 33.7 Å². The van der Waals surface area contributed by atoms with Crippen molar-refractivity contribution in [2.24, 2.45) is 0 Å². The number of aromatic nitrogens is 2. The van der Waals surface area contributed by atoms with Gasteiger partial charge in [-0.15, -0.1) is 11.3 Å². The molecule has 0 spiro atoms. The highest BCUT2D eigenvalue weighted by molar-refractivity contribution is 7.15. The number of hydrogen-bond donors (Lipinski definition) is 0. The van der Waals surface area contributed by atoms with Gasteiger partial charge in [0.1, 0.15) is 0 Å². The van der Waals surface area contributed by atoms with Gasteiger partial charge in [-0.05, 0) is 42.5 Å². The Morgan fingerprint density at radius 1 is 0.882 bits per heavy atom. The molecule has 2 aromatic heterocycles. The van der Waals surface area contributed by atoms with Gasteiger partial charge in [-0.3, -0.25) is 9.20 Å². The SMILES string of the molecule is COc1ccc(-c2nc3sccn3c2/C=C/C(=O)c2cc(OC)c(OC)c(OC)c2)cc1OC. The number of hydrogen-bond acceptors (Lipinski definition) is 8. The Morgan fingerprint density at radius 2 is 1.56 bits per heavy atom. The lowest BCUT2D eigenvalue weighted by Gasteiger charge is -2.13. The summed E-state index contributed by atoms with van der Waals surface area (Å²) in [5.74, 6) is 2.25. The van der Waals surface area contributed by atoms with Crippen molar-refractivity contribution in [3.63, 3.8) is 0 Å². The predicted octanol–water partition coefficient (Wildman–Crippen LogP) is 5.00. The number of allylic oxidation sites excluding steroid dienone is 1. The van der Waals surface area contributed by atoms with E-state index in [0.717, 1.165) is 21.9 Å². The second-order valence-corrected chi connectivity index (χ2v) is 7.96. The molecule has 0 aliphatic rings. The number of nitrogens with zero attached hydrogens (tertiary/aromatic N) is 2. The number of rotatable bonds is 9. The highest BCUT2D eigenvalue weighted by atomic mass is 32.1. The molecule has 0 amide bonds. The minimum atomic E-state index is -0.220. The molecule has 0 saturated heterocycles. The first-order valence-electron chi connectivity index (χ1n) is 10.2. The molecule has 0 aliphatic carbocycles. The third-order valence-electron chi connectivity index (χ3n) is 5.30. The van der Waals surface area contributed by atoms with Gasteiger partial charge in [-0.2, -0.15) is 0 Å². The van der Waals surface area contributed by atoms with Crippen molar-refractivity contribution in [2.75, 3.05) is 35.5 Å². The first kappa shape index (κ1) is 23.2. The number of ketones is 1. The van der Waals surface area contributed by atoms with Crippen LogP contribution in [0.25, 0.3) is 22.3 Å². The monoisotopic (exact) mass is 480 g/mol. The Morgan fingerprint density at radius 3 is 2.18 bits per heavy atom. The standard InChI is InChI=1S/C25H24N2O6S/c1-29-19-9-6-15(12-20(19)30-2)23-17(27-10-11-34-25(27)26-23)7-8-18(28)16-13-21(31-3)24(33-5)22(14-16)32-4/h6-14H,1-5H3/b8-7+. The second-order valence-electron chi connectivity index (χ2n) is 7.08. The molecule has 0 saturated carbocycles. The summed E-state index contributed by atoms with van der Waals surface area (Å²) in [6.45, 7) is 0. The van der Waals surface area contributed by atoms with Crippen molar-refractivity contribution in [3.05, 3.63) is 59.2 Å². The van der Waals surface area contributed by atoms with Crippen molar-refractivity contribution in [1.82, 2.24) is 9.38 Å². The lowest BCUT2D eigenvalue weighted by Crippen LogP contribution is -2.00. The van der Waals surface area contributed by atoms with Crippen LogP contribution in [0.3, 0.4) is 0 Å². The molecule has 0 atom stereocenters. The molecule has 34 heavy (non-hydrogen) atoms. The van der Waals surface area contributed by atoms with E-state index < -0.39 is 0 Å². The highest BCUT2D eigenvalue weighted by Gasteiger charge is 2.18. The van der Waals surface area contributed by atoms with Crippen molar-refractivity contribution in [2.45, 2.75) is 0 Å². The Balaban J connectivity index is 1.75. The van der Waals surface area contributed by atoms with E-state index in [2.05, 4.69) is 0 Å². The van der Waals surface area contributed by atoms with Crippen LogP contribution in [-0.2, 0) is 0 Å². The number of imidazole rings is 1. The summed E-state index contributed by atoms with van der Waals surface area (Å²) < 4.78 is 28.8. The molecule has 9 heteroatoms. The van der Waals surface area contributed by atoms with Crippen molar-refractivity contribution >= 4 is 28.2 Å². The zero-order chi connectivity index (χ0) is 24.2. The van der Waals surface area contributed by atoms with Gasteiger partial charge in [-0.25, -0.2) is 4.98 Å². The van der Waals surface area contributed by atoms with E-state index in [4.69, 9.17) is 28.7 Å². The zero-order valence-electron chi connectivity index (χ0n) is 19.4. The number of carbonyl (C=O) groups is 1. The van der Waals surface area contributed by atoms with Crippen LogP contribution < -0.4 is 23.7 Å². The smallest absolute Gasteiger partial charge is 0.203 e. The van der Waals surface area contributed by atoms with Gasteiger partial charge in [0.2, 0.25) is 5.75 Å². The summed E-state index contributed by atoms with van der Waals surface area (Å²) >= 11 is 1.51. The summed E-state index contributed by atoms with van der Waals surface area (Å²) in [6, 6.07) is 8.85. The Hall–Kier alpha value is -3.98. The van der Waals surface area contributed by atoms with Gasteiger partial charge >= 0.3 is 0 Å². The topological polar surface area (TPSA) is 80.5 Å². The Bertz CT molecular complexity index is 1350. The van der Waals surface area contributed by atoms with E-state index in [1.807, 2.05) is 34.2 Å². The maximum absolute atomic E-state index is 13.1. The largest absolute Gasteiger partial charge is 0.493 e. The number of fused-ring (bicyclic) bond motifs is 1. The van der Waals surface area contributed by atoms with E-state index in [0.29, 0.717) is 34.3 Å². The Labute approximate surface area is 200 Å². The van der Waals surface area contributed by atoms with Crippen LogP contribution in [0, 0.1) is 0 Å². The summed E-state index contributed by atoms with van der Waals surface area (Å²) in [7, 11) is 7.72. The van der Waals surface area contributed by atoms with Crippen molar-refractivity contribution < 1.29 is 28.5 Å². The number of ether oxygens (including phenoxy) is 5. The van der Waals surface area contributed by atoms with Crippen molar-refractivity contribution in [1.29, 1.82) is 0 Å². The lowest BCUT2D eigenvalue weighted by atomic mass is 10.1. The highest BCUT2D eigenvalue weighted by Crippen LogP contribution is 2.39. The van der Waals surface area contributed by atoms with E-state index in [1.54, 1.807) is 32.4 Å². The van der Waals surface area contributed by atoms with E-state index in [9.17, 15) is 4.79 Å². The van der Waals surface area contributed by atoms with Crippen LogP contribution >= 0.6 is 11.3 Å². The minimum absolute atomic E-state index is 0.220. The van der Waals surface area contributed by atoms with Crippen molar-refractivity contribution in [3.8, 4) is 40.0 Å². The van der Waals surface area contributed by atoms with E-state index >= 15 is 0 Å². The van der Waals surface area contributed by atoms with Gasteiger partial charge in [-0.1, -0.05) is 0 Å². The first-order valence-corrected chi connectivity index (χ1v) is 11.1. The van der Waals surface area contributed by atoms with Crippen LogP contribution in [0.4, 0.5) is 0 Å². The van der Waals surface area contributed by atoms with Crippen LogP contribution in [0.2, 0.25) is 0 Å². The number of methoxy groups -OCH3 is 5. The third kappa shape index (κ3) is 4.17. The van der Waals surface area contributed by atoms with Crippen LogP contribution in [0.5, 0.6) is 28.7 Å². The summed E-state index contributed by atoms with van der Waals surface area (Å²) in [5, 5.41) is 1.94. The Kier molecular flexibility index (Phi) is 6.74. The molecule has 0 bridgehead atoms. The lowest BCUT2D eigenvalue weighted by molar-refractivity contribution is 0.104. The van der Waals surface area contributed by atoms with E-state index in [1.165, 1.54) is 38.7 Å². The molecule has 0 N–H and O–H groups in total. The molecule has 4 rings (SSSR count). The van der Waals surface area contributed by atoms with Crippen LogP contribution in [0.15, 0.2) is 48.0 Å². The summed E-state index contributed by atoms with van der Waals surface area (Å²) in [5.41, 5.74) is 2.74. The van der Waals surface area contributed by atoms with Gasteiger partial charge < -0.3 is 23.7 Å². The molecule has 2 aromatic carbocycles. The fourth-order valence-electron chi connectivity index (χ4n) is 3.63. The molecule has 0 fully saturated rings. The first-order chi connectivity index (χ1) is 16.5. The second kappa shape index (κ2) is 9.88. The normalized spacial score (nSPS) is 11.1. The summed E-state index contributed by atoms with van der Waals surface area (Å²) in [4.78, 5) is 18.7. The molecular weight excluding hydrogens is 456 g/mol. The maximum Gasteiger partial charge on any atom is 0.203 e. The molecule has 0 radical (unpaired) electrons. The summed E-state index contributed by atoms with van der Waals surface area (Å²) in [6.07, 6.45) is 5.18. The van der Waals surface area contributed by atoms with Gasteiger partial charge in [0, 0.05) is 22.7 Å². The quantitative estimate of drug-likeness (QED) is 0.246. The minimum Gasteiger partial charge on any atom is -0.493 e. The molecule has 0 unspecified atom stereocenters. The number of carbonyl (C=O) groups excluding carboxylic acids is 1. The molecule has 176 valence electrons. The maximum atomic E-state index is 13.1. The molecule has 2 heterocycles. The zero-order valence-corrected chi connectivity index (χ0v) is 20.3. The fraction of sp³-hybridized carbons (Fsp3) is 0.200. The molecule has 0 aliphatic heterocycles. The molecule has 8 nitrogen and oxygen atoms in total. The van der Waals surface area contributed by atoms with E-state index in [-0.39, 0.29) is 5.78 Å². The van der Waals surface area contributed by atoms with Gasteiger partial charge in [0.05, 0.1) is 46.9 Å². The molecule has 4 aromatic rings. The van der Waals surface area contributed by atoms with Gasteiger partial charge in [0.25, 0.3) is 0 Å². The molecular formula is C25H24N2O6S. The third-order valence-corrected chi connectivity index (χ3v) is 6.05. The predicted molar refractivity (Wildman–Crippen MR) is 131 cm³/mol. The average molecular weight is 481 g/mol. The van der Waals surface area contributed by atoms with Crippen LogP contribution in [-0.4, -0.2) is 50.7 Å². The number of thiazole rings is 1. The fourth-order valence-corrected chi connectivity index (χ4v) is 4.35. The van der Waals surface area contributed by atoms with Crippen LogP contribution in [0.1, 0.15) is 16.1 Å². The number of benzene rings is 2. The average Bonchev–Trinajstić information content (AvgIpc) is 3.47.